The SMILES string of the molecule is C#CC1(O)CC[C@H]2[C@@H]3CCc4cc(O)ccc4[C@H]3C(O)C[C@@]21C. The molecule has 3 aliphatic rings. The van der Waals surface area contributed by atoms with Crippen LogP contribution in [0.1, 0.15) is 49.7 Å². The lowest BCUT2D eigenvalue weighted by Crippen LogP contribution is -2.54. The highest BCUT2D eigenvalue weighted by Gasteiger charge is 2.63. The molecule has 1 aromatic rings. The summed E-state index contributed by atoms with van der Waals surface area (Å²) in [5.74, 6) is 3.72. The van der Waals surface area contributed by atoms with Crippen molar-refractivity contribution in [2.24, 2.45) is 17.3 Å². The maximum atomic E-state index is 10.9. The third-order valence-electron chi connectivity index (χ3n) is 7.08. The molecule has 2 saturated carbocycles. The van der Waals surface area contributed by atoms with Gasteiger partial charge in [-0.15, -0.1) is 6.42 Å². The number of hydrogen-bond donors (Lipinski definition) is 3. The second kappa shape index (κ2) is 4.75. The first-order valence-electron chi connectivity index (χ1n) is 8.59. The summed E-state index contributed by atoms with van der Waals surface area (Å²) in [4.78, 5) is 0. The van der Waals surface area contributed by atoms with Gasteiger partial charge >= 0.3 is 0 Å². The van der Waals surface area contributed by atoms with Crippen molar-refractivity contribution >= 4 is 0 Å². The van der Waals surface area contributed by atoms with Crippen molar-refractivity contribution in [3.8, 4) is 18.1 Å². The first-order valence-corrected chi connectivity index (χ1v) is 8.59. The van der Waals surface area contributed by atoms with Crippen molar-refractivity contribution in [1.29, 1.82) is 0 Å². The van der Waals surface area contributed by atoms with E-state index in [1.165, 1.54) is 5.56 Å². The summed E-state index contributed by atoms with van der Waals surface area (Å²) >= 11 is 0. The van der Waals surface area contributed by atoms with Crippen LogP contribution in [0, 0.1) is 29.6 Å². The maximum absolute atomic E-state index is 10.9. The van der Waals surface area contributed by atoms with Crippen molar-refractivity contribution in [3.63, 3.8) is 0 Å². The monoisotopic (exact) mass is 312 g/mol. The zero-order chi connectivity index (χ0) is 16.4. The Balaban J connectivity index is 1.77. The smallest absolute Gasteiger partial charge is 0.130 e. The molecule has 0 bridgehead atoms. The number of aliphatic hydroxyl groups excluding tert-OH is 1. The number of hydrogen-bond acceptors (Lipinski definition) is 3. The number of aromatic hydroxyl groups is 1. The van der Waals surface area contributed by atoms with Crippen LogP contribution in [0.5, 0.6) is 5.75 Å². The first kappa shape index (κ1) is 15.1. The Morgan fingerprint density at radius 2 is 2.09 bits per heavy atom. The Morgan fingerprint density at radius 1 is 1.30 bits per heavy atom. The van der Waals surface area contributed by atoms with E-state index in [2.05, 4.69) is 12.8 Å². The fourth-order valence-corrected chi connectivity index (χ4v) is 5.89. The lowest BCUT2D eigenvalue weighted by atomic mass is 9.52. The van der Waals surface area contributed by atoms with Gasteiger partial charge in [0.25, 0.3) is 0 Å². The molecule has 23 heavy (non-hydrogen) atoms. The van der Waals surface area contributed by atoms with Gasteiger partial charge in [-0.3, -0.25) is 0 Å². The lowest BCUT2D eigenvalue weighted by molar-refractivity contribution is -0.107. The summed E-state index contributed by atoms with van der Waals surface area (Å²) in [6, 6.07) is 5.52. The molecule has 0 saturated heterocycles. The Morgan fingerprint density at radius 3 is 2.83 bits per heavy atom. The number of phenolic OH excluding ortho intramolecular Hbond substituents is 1. The van der Waals surface area contributed by atoms with E-state index in [4.69, 9.17) is 6.42 Å². The topological polar surface area (TPSA) is 60.7 Å². The number of phenols is 1. The number of fused-ring (bicyclic) bond motifs is 5. The van der Waals surface area contributed by atoms with Gasteiger partial charge in [-0.25, -0.2) is 0 Å². The normalized spacial score (nSPS) is 44.8. The van der Waals surface area contributed by atoms with Crippen molar-refractivity contribution in [3.05, 3.63) is 29.3 Å². The van der Waals surface area contributed by atoms with Crippen molar-refractivity contribution in [2.75, 3.05) is 0 Å². The second-order valence-electron chi connectivity index (χ2n) is 7.95. The van der Waals surface area contributed by atoms with Crippen LogP contribution in [0.15, 0.2) is 18.2 Å². The van der Waals surface area contributed by atoms with Crippen molar-refractivity contribution < 1.29 is 15.3 Å². The molecule has 2 unspecified atom stereocenters. The van der Waals surface area contributed by atoms with Crippen LogP contribution in [0.4, 0.5) is 0 Å². The average Bonchev–Trinajstić information content (AvgIpc) is 2.78. The summed E-state index contributed by atoms with van der Waals surface area (Å²) in [6.45, 7) is 2.07. The maximum Gasteiger partial charge on any atom is 0.130 e. The average molecular weight is 312 g/mol. The molecule has 122 valence electrons. The first-order chi connectivity index (χ1) is 10.9. The molecule has 0 amide bonds. The summed E-state index contributed by atoms with van der Waals surface area (Å²) in [6.07, 6.45) is 9.16. The van der Waals surface area contributed by atoms with Crippen LogP contribution in [-0.2, 0) is 6.42 Å². The molecular weight excluding hydrogens is 288 g/mol. The molecule has 0 aliphatic heterocycles. The van der Waals surface area contributed by atoms with Crippen molar-refractivity contribution in [2.45, 2.75) is 56.7 Å². The van der Waals surface area contributed by atoms with E-state index < -0.39 is 17.1 Å². The summed E-state index contributed by atoms with van der Waals surface area (Å²) in [5, 5.41) is 31.6. The highest BCUT2D eigenvalue weighted by Crippen LogP contribution is 2.64. The fourth-order valence-electron chi connectivity index (χ4n) is 5.89. The second-order valence-corrected chi connectivity index (χ2v) is 7.95. The van der Waals surface area contributed by atoms with Crippen LogP contribution in [0.2, 0.25) is 0 Å². The summed E-state index contributed by atoms with van der Waals surface area (Å²) < 4.78 is 0. The van der Waals surface area contributed by atoms with Gasteiger partial charge in [0.2, 0.25) is 0 Å². The van der Waals surface area contributed by atoms with Gasteiger partial charge in [-0.05, 0) is 67.2 Å². The molecule has 2 fully saturated rings. The molecule has 0 aromatic heterocycles. The summed E-state index contributed by atoms with van der Waals surface area (Å²) in [7, 11) is 0. The van der Waals surface area contributed by atoms with Crippen LogP contribution >= 0.6 is 0 Å². The van der Waals surface area contributed by atoms with Gasteiger partial charge in [0.05, 0.1) is 6.10 Å². The molecule has 3 heteroatoms. The van der Waals surface area contributed by atoms with Gasteiger partial charge in [-0.1, -0.05) is 18.9 Å². The van der Waals surface area contributed by atoms with E-state index >= 15 is 0 Å². The third kappa shape index (κ3) is 1.86. The minimum atomic E-state index is -1.10. The van der Waals surface area contributed by atoms with E-state index in [-0.39, 0.29) is 5.92 Å². The zero-order valence-corrected chi connectivity index (χ0v) is 13.5. The third-order valence-corrected chi connectivity index (χ3v) is 7.08. The highest BCUT2D eigenvalue weighted by molar-refractivity contribution is 5.41. The van der Waals surface area contributed by atoms with E-state index in [0.717, 1.165) is 24.8 Å². The van der Waals surface area contributed by atoms with Crippen LogP contribution in [0.25, 0.3) is 0 Å². The Hall–Kier alpha value is -1.50. The fraction of sp³-hybridized carbons (Fsp3) is 0.600. The Kier molecular flexibility index (Phi) is 3.11. The minimum Gasteiger partial charge on any atom is -0.508 e. The summed E-state index contributed by atoms with van der Waals surface area (Å²) in [5.41, 5.74) is 0.819. The van der Waals surface area contributed by atoms with E-state index in [0.29, 0.717) is 30.4 Å². The quantitative estimate of drug-likeness (QED) is 0.645. The van der Waals surface area contributed by atoms with Crippen molar-refractivity contribution in [1.82, 2.24) is 0 Å². The minimum absolute atomic E-state index is 0.0950. The number of benzene rings is 1. The van der Waals surface area contributed by atoms with Gasteiger partial charge in [0.15, 0.2) is 0 Å². The predicted octanol–water partition coefficient (Wildman–Crippen LogP) is 2.58. The van der Waals surface area contributed by atoms with Gasteiger partial charge < -0.3 is 15.3 Å². The molecule has 3 N–H and O–H groups in total. The number of aryl methyl sites for hydroxylation is 1. The predicted molar refractivity (Wildman–Crippen MR) is 87.9 cm³/mol. The van der Waals surface area contributed by atoms with Gasteiger partial charge in [0, 0.05) is 11.3 Å². The molecule has 0 radical (unpaired) electrons. The lowest BCUT2D eigenvalue weighted by Gasteiger charge is -2.54. The molecule has 1 aromatic carbocycles. The molecule has 3 nitrogen and oxygen atoms in total. The molecule has 6 atom stereocenters. The number of aliphatic hydroxyl groups is 2. The molecule has 0 heterocycles. The Labute approximate surface area is 137 Å². The van der Waals surface area contributed by atoms with Crippen LogP contribution in [0.3, 0.4) is 0 Å². The number of rotatable bonds is 0. The molecular formula is C20H24O3. The molecule has 3 aliphatic carbocycles. The van der Waals surface area contributed by atoms with E-state index in [9.17, 15) is 15.3 Å². The molecule has 0 spiro atoms. The van der Waals surface area contributed by atoms with Crippen LogP contribution < -0.4 is 0 Å². The van der Waals surface area contributed by atoms with Gasteiger partial charge in [0.1, 0.15) is 11.4 Å². The number of terminal acetylenes is 1. The largest absolute Gasteiger partial charge is 0.508 e. The van der Waals surface area contributed by atoms with Gasteiger partial charge in [-0.2, -0.15) is 0 Å². The van der Waals surface area contributed by atoms with E-state index in [1.54, 1.807) is 6.07 Å². The molecule has 4 rings (SSSR count). The van der Waals surface area contributed by atoms with E-state index in [1.807, 2.05) is 12.1 Å². The highest BCUT2D eigenvalue weighted by atomic mass is 16.3. The zero-order valence-electron chi connectivity index (χ0n) is 13.5. The Bertz CT molecular complexity index is 691. The standard InChI is InChI=1S/C20H24O3/c1-3-20(23)9-8-16-15-6-4-12-10-13(21)5-7-14(12)18(15)17(22)11-19(16,20)2/h1,5,7,10,15-18,21-23H,4,6,8-9,11H2,2H3/t15-,16-,17?,18+,19-,20?/m0/s1. The van der Waals surface area contributed by atoms with Crippen LogP contribution in [-0.4, -0.2) is 27.0 Å².